The van der Waals surface area contributed by atoms with Crippen LogP contribution in [0.5, 0.6) is 0 Å². The number of anilines is 2. The third-order valence-corrected chi connectivity index (χ3v) is 3.61. The van der Waals surface area contributed by atoms with Gasteiger partial charge in [0.25, 0.3) is 0 Å². The van der Waals surface area contributed by atoms with Gasteiger partial charge in [0, 0.05) is 0 Å². The summed E-state index contributed by atoms with van der Waals surface area (Å²) in [6, 6.07) is 19.2. The zero-order chi connectivity index (χ0) is 17.7. The fourth-order valence-electron chi connectivity index (χ4n) is 2.76. The molecule has 0 aliphatic rings. The molecule has 0 bridgehead atoms. The van der Waals surface area contributed by atoms with Crippen LogP contribution in [0, 0.1) is 0 Å². The summed E-state index contributed by atoms with van der Waals surface area (Å²) >= 11 is 0. The van der Waals surface area contributed by atoms with E-state index in [4.69, 9.17) is 0 Å². The minimum atomic E-state index is -0.121. The van der Waals surface area contributed by atoms with Crippen molar-refractivity contribution in [2.45, 2.75) is 0 Å². The number of amides is 2. The number of carbonyl (C=O) groups is 1. The van der Waals surface area contributed by atoms with E-state index in [9.17, 15) is 4.79 Å². The lowest BCUT2D eigenvalue weighted by molar-refractivity contribution is -0.474. The van der Waals surface area contributed by atoms with E-state index in [-0.39, 0.29) is 6.03 Å². The van der Waals surface area contributed by atoms with Crippen LogP contribution in [0.25, 0.3) is 0 Å². The molecule has 0 aliphatic carbocycles. The molecule has 2 aromatic carbocycles. The molecule has 0 saturated heterocycles. The Kier molecular flexibility index (Phi) is 5.58. The lowest BCUT2D eigenvalue weighted by Crippen LogP contribution is -2.50. The topological polar surface area (TPSA) is 29.8 Å². The second-order valence-electron chi connectivity index (χ2n) is 5.94. The van der Waals surface area contributed by atoms with Crippen molar-refractivity contribution in [1.82, 2.24) is 9.80 Å². The number of hydrogen-bond acceptors (Lipinski definition) is 1. The summed E-state index contributed by atoms with van der Waals surface area (Å²) in [6.45, 7) is 0. The third-order valence-electron chi connectivity index (χ3n) is 3.61. The molecule has 0 radical (unpaired) electrons. The largest absolute Gasteiger partial charge is 0.393 e. The van der Waals surface area contributed by atoms with Crippen molar-refractivity contribution < 1.29 is 9.37 Å². The van der Waals surface area contributed by atoms with Crippen LogP contribution < -0.4 is 4.90 Å². The van der Waals surface area contributed by atoms with Gasteiger partial charge in [-0.2, -0.15) is 4.90 Å². The number of hydrogen-bond donors (Lipinski definition) is 0. The SMILES string of the molecule is CN(C)C(N(C)C(=O)N(c1ccccc1)c1ccccc1)=[N+](C)C. The van der Waals surface area contributed by atoms with Crippen LogP contribution in [0.15, 0.2) is 60.7 Å². The highest BCUT2D eigenvalue weighted by Crippen LogP contribution is 2.26. The van der Waals surface area contributed by atoms with Gasteiger partial charge in [-0.1, -0.05) is 36.4 Å². The molecule has 0 fully saturated rings. The smallest absolute Gasteiger partial charge is 0.270 e. The van der Waals surface area contributed by atoms with E-state index in [1.807, 2.05) is 98.3 Å². The van der Waals surface area contributed by atoms with Crippen molar-refractivity contribution >= 4 is 23.4 Å². The van der Waals surface area contributed by atoms with Crippen LogP contribution in [0.1, 0.15) is 0 Å². The Labute approximate surface area is 144 Å². The highest BCUT2D eigenvalue weighted by atomic mass is 16.2. The Morgan fingerprint density at radius 1 is 0.792 bits per heavy atom. The first-order valence-electron chi connectivity index (χ1n) is 7.83. The number of nitrogens with zero attached hydrogens (tertiary/aromatic N) is 4. The summed E-state index contributed by atoms with van der Waals surface area (Å²) in [7, 11) is 9.49. The second-order valence-corrected chi connectivity index (χ2v) is 5.94. The van der Waals surface area contributed by atoms with Crippen LogP contribution in [-0.4, -0.2) is 61.6 Å². The van der Waals surface area contributed by atoms with E-state index in [0.29, 0.717) is 0 Å². The summed E-state index contributed by atoms with van der Waals surface area (Å²) in [5, 5.41) is 0. The Morgan fingerprint density at radius 2 is 1.21 bits per heavy atom. The summed E-state index contributed by atoms with van der Waals surface area (Å²) in [4.78, 5) is 18.6. The first-order valence-corrected chi connectivity index (χ1v) is 7.83. The molecule has 0 unspecified atom stereocenters. The van der Waals surface area contributed by atoms with E-state index in [0.717, 1.165) is 17.3 Å². The molecule has 0 N–H and O–H groups in total. The highest BCUT2D eigenvalue weighted by molar-refractivity contribution is 6.06. The number of para-hydroxylation sites is 2. The van der Waals surface area contributed by atoms with Crippen molar-refractivity contribution in [2.75, 3.05) is 40.1 Å². The van der Waals surface area contributed by atoms with Crippen molar-refractivity contribution in [2.24, 2.45) is 0 Å². The Balaban J connectivity index is 2.48. The van der Waals surface area contributed by atoms with Gasteiger partial charge < -0.3 is 0 Å². The van der Waals surface area contributed by atoms with E-state index in [2.05, 4.69) is 0 Å². The molecular weight excluding hydrogens is 300 g/mol. The van der Waals surface area contributed by atoms with Gasteiger partial charge >= 0.3 is 12.0 Å². The van der Waals surface area contributed by atoms with Crippen LogP contribution in [-0.2, 0) is 0 Å². The molecule has 5 heteroatoms. The summed E-state index contributed by atoms with van der Waals surface area (Å²) in [6.07, 6.45) is 0. The number of benzene rings is 2. The van der Waals surface area contributed by atoms with Gasteiger partial charge in [-0.15, -0.1) is 0 Å². The minimum absolute atomic E-state index is 0.121. The molecule has 2 aromatic rings. The van der Waals surface area contributed by atoms with E-state index in [1.54, 1.807) is 16.8 Å². The monoisotopic (exact) mass is 325 g/mol. The zero-order valence-corrected chi connectivity index (χ0v) is 15.0. The molecule has 2 amide bonds. The van der Waals surface area contributed by atoms with Crippen molar-refractivity contribution in [3.05, 3.63) is 60.7 Å². The molecule has 126 valence electrons. The molecule has 0 aliphatic heterocycles. The van der Waals surface area contributed by atoms with Crippen LogP contribution in [0.4, 0.5) is 16.2 Å². The minimum Gasteiger partial charge on any atom is -0.270 e. The number of rotatable bonds is 2. The standard InChI is InChI=1S/C19H25N4O/c1-20(2)18(21(3)4)22(5)19(24)23(16-12-8-6-9-13-16)17-14-10-7-11-15-17/h6-15H,1-5H3/q+1. The Morgan fingerprint density at radius 3 is 1.54 bits per heavy atom. The van der Waals surface area contributed by atoms with Crippen LogP contribution in [0.2, 0.25) is 0 Å². The van der Waals surface area contributed by atoms with Gasteiger partial charge in [0.05, 0.1) is 46.6 Å². The quantitative estimate of drug-likeness (QED) is 0.482. The van der Waals surface area contributed by atoms with Crippen LogP contribution in [0.3, 0.4) is 0 Å². The predicted molar refractivity (Wildman–Crippen MR) is 99.0 cm³/mol. The van der Waals surface area contributed by atoms with Gasteiger partial charge in [-0.25, -0.2) is 9.69 Å². The molecule has 0 heterocycles. The average Bonchev–Trinajstić information content (AvgIpc) is 2.56. The zero-order valence-electron chi connectivity index (χ0n) is 15.0. The maximum absolute atomic E-state index is 13.3. The Bertz CT molecular complexity index is 667. The molecule has 5 nitrogen and oxygen atoms in total. The molecular formula is C19H25N4O+. The van der Waals surface area contributed by atoms with Gasteiger partial charge in [-0.3, -0.25) is 9.48 Å². The maximum atomic E-state index is 13.3. The van der Waals surface area contributed by atoms with E-state index >= 15 is 0 Å². The fourth-order valence-corrected chi connectivity index (χ4v) is 2.76. The number of urea groups is 1. The lowest BCUT2D eigenvalue weighted by Gasteiger charge is -2.27. The lowest BCUT2D eigenvalue weighted by atomic mass is 10.2. The summed E-state index contributed by atoms with van der Waals surface area (Å²) in [5.74, 6) is 0.803. The van der Waals surface area contributed by atoms with E-state index < -0.39 is 0 Å². The van der Waals surface area contributed by atoms with Gasteiger partial charge in [-0.05, 0) is 24.3 Å². The summed E-state index contributed by atoms with van der Waals surface area (Å²) < 4.78 is 1.92. The second kappa shape index (κ2) is 7.64. The average molecular weight is 325 g/mol. The molecule has 24 heavy (non-hydrogen) atoms. The Hall–Kier alpha value is -2.82. The molecule has 0 spiro atoms. The number of guanidine groups is 1. The fraction of sp³-hybridized carbons (Fsp3) is 0.263. The molecule has 0 atom stereocenters. The van der Waals surface area contributed by atoms with Crippen molar-refractivity contribution in [3.8, 4) is 0 Å². The van der Waals surface area contributed by atoms with Crippen molar-refractivity contribution in [3.63, 3.8) is 0 Å². The first kappa shape index (κ1) is 17.5. The van der Waals surface area contributed by atoms with Gasteiger partial charge in [0.1, 0.15) is 0 Å². The summed E-state index contributed by atoms with van der Waals surface area (Å²) in [5.41, 5.74) is 1.66. The van der Waals surface area contributed by atoms with Crippen LogP contribution >= 0.6 is 0 Å². The van der Waals surface area contributed by atoms with Crippen molar-refractivity contribution in [1.29, 1.82) is 0 Å². The number of carbonyl (C=O) groups excluding carboxylic acids is 1. The highest BCUT2D eigenvalue weighted by Gasteiger charge is 2.31. The third kappa shape index (κ3) is 3.74. The van der Waals surface area contributed by atoms with Gasteiger partial charge in [0.2, 0.25) is 0 Å². The molecule has 0 aromatic heterocycles. The van der Waals surface area contributed by atoms with Gasteiger partial charge in [0.15, 0.2) is 0 Å². The normalized spacial score (nSPS) is 10.0. The molecule has 0 saturated carbocycles. The molecule has 2 rings (SSSR count). The maximum Gasteiger partial charge on any atom is 0.393 e. The van der Waals surface area contributed by atoms with E-state index in [1.165, 1.54) is 0 Å². The first-order chi connectivity index (χ1) is 11.4. The predicted octanol–water partition coefficient (Wildman–Crippen LogP) is 3.07.